The summed E-state index contributed by atoms with van der Waals surface area (Å²) in [5.41, 5.74) is 0.732. The van der Waals surface area contributed by atoms with Gasteiger partial charge in [-0.1, -0.05) is 6.07 Å². The summed E-state index contributed by atoms with van der Waals surface area (Å²) in [5, 5.41) is 10.1. The fourth-order valence-electron chi connectivity index (χ4n) is 1.81. The van der Waals surface area contributed by atoms with Crippen LogP contribution in [-0.4, -0.2) is 25.9 Å². The average Bonchev–Trinajstić information content (AvgIpc) is 2.90. The van der Waals surface area contributed by atoms with Crippen molar-refractivity contribution in [3.63, 3.8) is 0 Å². The minimum absolute atomic E-state index is 0.600. The molecule has 92 valence electrons. The molecule has 1 heterocycles. The van der Waals surface area contributed by atoms with Gasteiger partial charge >= 0.3 is 0 Å². The minimum atomic E-state index is -0.739. The monoisotopic (exact) mass is 236 g/mol. The number of aliphatic hydroxyl groups excluding tert-OH is 1. The molecular formula is C13H16O4. The maximum Gasteiger partial charge on any atom is 0.161 e. The Kier molecular flexibility index (Phi) is 3.54. The first-order chi connectivity index (χ1) is 8.26. The predicted molar refractivity (Wildman–Crippen MR) is 63.2 cm³/mol. The Morgan fingerprint density at radius 1 is 1.24 bits per heavy atom. The Labute approximate surface area is 100 Å². The van der Waals surface area contributed by atoms with Crippen LogP contribution in [0.5, 0.6) is 11.5 Å². The smallest absolute Gasteiger partial charge is 0.161 e. The molecule has 1 N–H and O–H groups in total. The highest BCUT2D eigenvalue weighted by Gasteiger charge is 2.19. The average molecular weight is 236 g/mol. The van der Waals surface area contributed by atoms with E-state index in [-0.39, 0.29) is 0 Å². The Hall–Kier alpha value is -1.68. The van der Waals surface area contributed by atoms with Crippen LogP contribution in [0.1, 0.15) is 18.1 Å². The van der Waals surface area contributed by atoms with Crippen LogP contribution >= 0.6 is 0 Å². The molecule has 0 aromatic heterocycles. The van der Waals surface area contributed by atoms with Crippen molar-refractivity contribution in [2.45, 2.75) is 12.5 Å². The molecule has 0 saturated heterocycles. The summed E-state index contributed by atoms with van der Waals surface area (Å²) >= 11 is 0. The number of rotatable bonds is 4. The molecule has 4 nitrogen and oxygen atoms in total. The maximum atomic E-state index is 10.1. The van der Waals surface area contributed by atoms with Gasteiger partial charge in [-0.3, -0.25) is 0 Å². The Morgan fingerprint density at radius 2 is 2.00 bits per heavy atom. The standard InChI is InChI=1S/C13H16O4/c1-15-10-6-5-9(8-12(10)16-2)13(14)11-4-3-7-17-11/h4-6,8,13-14H,3,7H2,1-2H3. The zero-order valence-electron chi connectivity index (χ0n) is 9.97. The van der Waals surface area contributed by atoms with Crippen LogP contribution in [-0.2, 0) is 4.74 Å². The van der Waals surface area contributed by atoms with E-state index in [0.717, 1.165) is 12.0 Å². The molecule has 0 aliphatic carbocycles. The van der Waals surface area contributed by atoms with Gasteiger partial charge in [-0.25, -0.2) is 0 Å². The molecule has 0 bridgehead atoms. The molecule has 0 amide bonds. The van der Waals surface area contributed by atoms with Gasteiger partial charge in [0, 0.05) is 6.42 Å². The van der Waals surface area contributed by atoms with Gasteiger partial charge < -0.3 is 19.3 Å². The van der Waals surface area contributed by atoms with Crippen LogP contribution in [0.15, 0.2) is 30.0 Å². The minimum Gasteiger partial charge on any atom is -0.495 e. The van der Waals surface area contributed by atoms with Crippen molar-refractivity contribution in [1.82, 2.24) is 0 Å². The van der Waals surface area contributed by atoms with Crippen LogP contribution in [0, 0.1) is 0 Å². The Morgan fingerprint density at radius 3 is 2.59 bits per heavy atom. The molecule has 1 aliphatic heterocycles. The predicted octanol–water partition coefficient (Wildman–Crippen LogP) is 2.04. The van der Waals surface area contributed by atoms with Crippen molar-refractivity contribution >= 4 is 0 Å². The quantitative estimate of drug-likeness (QED) is 0.869. The molecule has 0 fully saturated rings. The van der Waals surface area contributed by atoms with Crippen molar-refractivity contribution in [1.29, 1.82) is 0 Å². The van der Waals surface area contributed by atoms with Crippen LogP contribution in [0.4, 0.5) is 0 Å². The maximum absolute atomic E-state index is 10.1. The molecule has 1 aromatic rings. The second kappa shape index (κ2) is 5.10. The van der Waals surface area contributed by atoms with E-state index >= 15 is 0 Å². The zero-order chi connectivity index (χ0) is 12.3. The number of hydrogen-bond acceptors (Lipinski definition) is 4. The van der Waals surface area contributed by atoms with Crippen molar-refractivity contribution in [2.75, 3.05) is 20.8 Å². The summed E-state index contributed by atoms with van der Waals surface area (Å²) in [6.07, 6.45) is 2.01. The number of ether oxygens (including phenoxy) is 3. The van der Waals surface area contributed by atoms with E-state index in [2.05, 4.69) is 0 Å². The van der Waals surface area contributed by atoms with E-state index in [0.29, 0.717) is 23.9 Å². The van der Waals surface area contributed by atoms with E-state index in [4.69, 9.17) is 14.2 Å². The molecule has 2 rings (SSSR count). The van der Waals surface area contributed by atoms with E-state index in [1.165, 1.54) is 0 Å². The lowest BCUT2D eigenvalue weighted by Crippen LogP contribution is -2.03. The second-order valence-electron chi connectivity index (χ2n) is 3.76. The largest absolute Gasteiger partial charge is 0.495 e. The summed E-state index contributed by atoms with van der Waals surface area (Å²) in [6, 6.07) is 5.33. The highest BCUT2D eigenvalue weighted by atomic mass is 16.5. The first kappa shape index (κ1) is 11.8. The van der Waals surface area contributed by atoms with E-state index < -0.39 is 6.10 Å². The molecule has 0 saturated carbocycles. The van der Waals surface area contributed by atoms with Crippen molar-refractivity contribution in [3.8, 4) is 11.5 Å². The summed E-state index contributed by atoms with van der Waals surface area (Å²) in [5.74, 6) is 1.85. The first-order valence-corrected chi connectivity index (χ1v) is 5.49. The van der Waals surface area contributed by atoms with Gasteiger partial charge in [-0.15, -0.1) is 0 Å². The fourth-order valence-corrected chi connectivity index (χ4v) is 1.81. The normalized spacial score (nSPS) is 16.1. The van der Waals surface area contributed by atoms with Gasteiger partial charge in [-0.2, -0.15) is 0 Å². The lowest BCUT2D eigenvalue weighted by molar-refractivity contribution is 0.118. The molecule has 4 heteroatoms. The molecule has 1 aromatic carbocycles. The van der Waals surface area contributed by atoms with Gasteiger partial charge in [0.25, 0.3) is 0 Å². The zero-order valence-corrected chi connectivity index (χ0v) is 9.97. The van der Waals surface area contributed by atoms with Gasteiger partial charge in [0.05, 0.1) is 20.8 Å². The van der Waals surface area contributed by atoms with E-state index in [9.17, 15) is 5.11 Å². The molecule has 1 atom stereocenters. The van der Waals surface area contributed by atoms with E-state index in [1.54, 1.807) is 32.4 Å². The third-order valence-electron chi connectivity index (χ3n) is 2.72. The third kappa shape index (κ3) is 2.36. The summed E-state index contributed by atoms with van der Waals surface area (Å²) in [6.45, 7) is 0.639. The van der Waals surface area contributed by atoms with Crippen LogP contribution < -0.4 is 9.47 Å². The highest BCUT2D eigenvalue weighted by molar-refractivity contribution is 5.44. The van der Waals surface area contributed by atoms with Gasteiger partial charge in [0.15, 0.2) is 11.5 Å². The Balaban J connectivity index is 2.26. The summed E-state index contributed by atoms with van der Waals surface area (Å²) < 4.78 is 15.7. The molecule has 17 heavy (non-hydrogen) atoms. The number of aliphatic hydroxyl groups is 1. The van der Waals surface area contributed by atoms with Gasteiger partial charge in [-0.05, 0) is 23.8 Å². The molecular weight excluding hydrogens is 220 g/mol. The van der Waals surface area contributed by atoms with Crippen molar-refractivity contribution < 1.29 is 19.3 Å². The molecule has 0 radical (unpaired) electrons. The van der Waals surface area contributed by atoms with Gasteiger partial charge in [0.2, 0.25) is 0 Å². The topological polar surface area (TPSA) is 47.9 Å². The van der Waals surface area contributed by atoms with E-state index in [1.807, 2.05) is 6.08 Å². The van der Waals surface area contributed by atoms with Crippen LogP contribution in [0.2, 0.25) is 0 Å². The lowest BCUT2D eigenvalue weighted by atomic mass is 10.1. The van der Waals surface area contributed by atoms with Gasteiger partial charge in [0.1, 0.15) is 11.9 Å². The second-order valence-corrected chi connectivity index (χ2v) is 3.76. The highest BCUT2D eigenvalue weighted by Crippen LogP contribution is 2.33. The third-order valence-corrected chi connectivity index (χ3v) is 2.72. The SMILES string of the molecule is COc1ccc(C(O)C2=CCCO2)cc1OC. The molecule has 0 spiro atoms. The lowest BCUT2D eigenvalue weighted by Gasteiger charge is -2.15. The first-order valence-electron chi connectivity index (χ1n) is 5.49. The Bertz CT molecular complexity index is 425. The van der Waals surface area contributed by atoms with Crippen LogP contribution in [0.25, 0.3) is 0 Å². The van der Waals surface area contributed by atoms with Crippen molar-refractivity contribution in [2.24, 2.45) is 0 Å². The number of methoxy groups -OCH3 is 2. The number of benzene rings is 1. The van der Waals surface area contributed by atoms with Crippen molar-refractivity contribution in [3.05, 3.63) is 35.6 Å². The fraction of sp³-hybridized carbons (Fsp3) is 0.385. The molecule has 1 unspecified atom stereocenters. The van der Waals surface area contributed by atoms with Crippen LogP contribution in [0.3, 0.4) is 0 Å². The molecule has 1 aliphatic rings. The number of hydrogen-bond donors (Lipinski definition) is 1. The summed E-state index contributed by atoms with van der Waals surface area (Å²) in [4.78, 5) is 0. The summed E-state index contributed by atoms with van der Waals surface area (Å²) in [7, 11) is 3.15.